The number of rotatable bonds is 7. The van der Waals surface area contributed by atoms with Crippen molar-refractivity contribution in [3.63, 3.8) is 0 Å². The van der Waals surface area contributed by atoms with Gasteiger partial charge in [-0.2, -0.15) is 5.10 Å². The second-order valence-corrected chi connectivity index (χ2v) is 8.70. The predicted octanol–water partition coefficient (Wildman–Crippen LogP) is 3.65. The van der Waals surface area contributed by atoms with Gasteiger partial charge in [-0.25, -0.2) is 4.68 Å². The molecule has 31 heavy (non-hydrogen) atoms. The van der Waals surface area contributed by atoms with Crippen LogP contribution in [0.3, 0.4) is 0 Å². The highest BCUT2D eigenvalue weighted by Gasteiger charge is 2.20. The Hall–Kier alpha value is -3.13. The highest BCUT2D eigenvalue weighted by molar-refractivity contribution is 7.20. The van der Waals surface area contributed by atoms with Crippen LogP contribution in [-0.2, 0) is 17.9 Å². The van der Waals surface area contributed by atoms with Gasteiger partial charge < -0.3 is 14.2 Å². The van der Waals surface area contributed by atoms with E-state index in [1.165, 1.54) is 9.56 Å². The minimum absolute atomic E-state index is 0.0620. The molecule has 3 aromatic heterocycles. The van der Waals surface area contributed by atoms with Gasteiger partial charge in [0.05, 0.1) is 23.5 Å². The van der Waals surface area contributed by atoms with E-state index < -0.39 is 0 Å². The van der Waals surface area contributed by atoms with Crippen LogP contribution in [0.5, 0.6) is 5.75 Å². The van der Waals surface area contributed by atoms with E-state index in [0.717, 1.165) is 26.9 Å². The first-order valence-electron chi connectivity index (χ1n) is 10.4. The summed E-state index contributed by atoms with van der Waals surface area (Å²) in [5.41, 5.74) is 2.37. The first-order valence-corrected chi connectivity index (χ1v) is 11.2. The number of nitrogens with zero attached hydrogens (tertiary/aromatic N) is 4. The maximum atomic E-state index is 13.4. The van der Waals surface area contributed by atoms with E-state index in [1.54, 1.807) is 29.5 Å². The van der Waals surface area contributed by atoms with Crippen molar-refractivity contribution in [1.82, 2.24) is 19.2 Å². The zero-order chi connectivity index (χ0) is 22.1. The first-order chi connectivity index (χ1) is 15.0. The highest BCUT2D eigenvalue weighted by Crippen LogP contribution is 2.34. The molecule has 162 valence electrons. The summed E-state index contributed by atoms with van der Waals surface area (Å²) in [6, 6.07) is 9.93. The number of hydrogen-bond donors (Lipinski definition) is 0. The van der Waals surface area contributed by atoms with E-state index in [9.17, 15) is 9.59 Å². The van der Waals surface area contributed by atoms with Crippen LogP contribution in [0.1, 0.15) is 24.3 Å². The Kier molecular flexibility index (Phi) is 5.82. The van der Waals surface area contributed by atoms with Gasteiger partial charge in [0.1, 0.15) is 17.8 Å². The Morgan fingerprint density at radius 1 is 1.23 bits per heavy atom. The summed E-state index contributed by atoms with van der Waals surface area (Å²) in [5, 5.41) is 5.16. The number of ether oxygens (including phenoxy) is 1. The molecule has 0 saturated heterocycles. The molecule has 0 spiro atoms. The highest BCUT2D eigenvalue weighted by atomic mass is 32.1. The molecule has 0 radical (unpaired) electrons. The van der Waals surface area contributed by atoms with Crippen LogP contribution in [0.4, 0.5) is 0 Å². The van der Waals surface area contributed by atoms with Crippen LogP contribution >= 0.6 is 11.3 Å². The number of aryl methyl sites for hydroxylation is 1. The molecule has 4 aromatic rings. The lowest BCUT2D eigenvalue weighted by Gasteiger charge is -2.18. The van der Waals surface area contributed by atoms with Gasteiger partial charge in [-0.05, 0) is 44.5 Å². The van der Waals surface area contributed by atoms with Crippen LogP contribution in [0, 0.1) is 6.92 Å². The third-order valence-electron chi connectivity index (χ3n) is 5.54. The van der Waals surface area contributed by atoms with E-state index in [4.69, 9.17) is 4.74 Å². The zero-order valence-corrected chi connectivity index (χ0v) is 19.0. The molecule has 8 heteroatoms. The quantitative estimate of drug-likeness (QED) is 0.442. The molecule has 0 atom stereocenters. The summed E-state index contributed by atoms with van der Waals surface area (Å²) in [6.07, 6.45) is 1.71. The minimum atomic E-state index is -0.248. The Morgan fingerprint density at radius 3 is 2.71 bits per heavy atom. The molecule has 0 saturated carbocycles. The standard InChI is InChI=1S/C23H26N4O3S/c1-5-25(6-2)20(28)14-27-23(29)21-18(12-24-27)22-19(10-15(3)31-22)26(21)13-16-8-7-9-17(11-16)30-4/h7-12H,5-6,13-14H2,1-4H3. The molecule has 0 N–H and O–H groups in total. The molecular weight excluding hydrogens is 412 g/mol. The molecule has 0 unspecified atom stereocenters. The maximum absolute atomic E-state index is 13.4. The SMILES string of the molecule is CCN(CC)C(=O)Cn1ncc2c3sc(C)cc3n(Cc3cccc(OC)c3)c2c1=O. The molecule has 7 nitrogen and oxygen atoms in total. The van der Waals surface area contributed by atoms with E-state index >= 15 is 0 Å². The number of benzene rings is 1. The molecule has 4 rings (SSSR count). The average Bonchev–Trinajstić information content (AvgIpc) is 3.27. The normalized spacial score (nSPS) is 11.4. The number of hydrogen-bond acceptors (Lipinski definition) is 5. The number of methoxy groups -OCH3 is 1. The summed E-state index contributed by atoms with van der Waals surface area (Å²) in [7, 11) is 1.64. The summed E-state index contributed by atoms with van der Waals surface area (Å²) >= 11 is 1.65. The van der Waals surface area contributed by atoms with Gasteiger partial charge in [-0.1, -0.05) is 12.1 Å². The largest absolute Gasteiger partial charge is 0.497 e. The fourth-order valence-electron chi connectivity index (χ4n) is 3.95. The van der Waals surface area contributed by atoms with E-state index in [0.29, 0.717) is 25.2 Å². The molecule has 1 amide bonds. The Morgan fingerprint density at radius 2 is 2.00 bits per heavy atom. The molecule has 1 aromatic carbocycles. The number of carbonyl (C=O) groups excluding carboxylic acids is 1. The van der Waals surface area contributed by atoms with E-state index in [1.807, 2.05) is 42.7 Å². The minimum Gasteiger partial charge on any atom is -0.497 e. The van der Waals surface area contributed by atoms with Crippen molar-refractivity contribution in [2.75, 3.05) is 20.2 Å². The van der Waals surface area contributed by atoms with Crippen molar-refractivity contribution in [2.45, 2.75) is 33.9 Å². The van der Waals surface area contributed by atoms with Crippen LogP contribution in [0.15, 0.2) is 41.3 Å². The predicted molar refractivity (Wildman–Crippen MR) is 124 cm³/mol. The van der Waals surface area contributed by atoms with Crippen molar-refractivity contribution in [1.29, 1.82) is 0 Å². The number of carbonyl (C=O) groups is 1. The third-order valence-corrected chi connectivity index (χ3v) is 6.61. The number of likely N-dealkylation sites (N-methyl/N-ethyl adjacent to an activating group) is 1. The summed E-state index contributed by atoms with van der Waals surface area (Å²) in [6.45, 7) is 7.59. The topological polar surface area (TPSA) is 69.4 Å². The molecule has 0 aliphatic heterocycles. The average molecular weight is 439 g/mol. The van der Waals surface area contributed by atoms with Gasteiger partial charge in [0.25, 0.3) is 5.56 Å². The number of aromatic nitrogens is 3. The monoisotopic (exact) mass is 438 g/mol. The van der Waals surface area contributed by atoms with Crippen LogP contribution in [0.2, 0.25) is 0 Å². The number of fused-ring (bicyclic) bond motifs is 3. The lowest BCUT2D eigenvalue weighted by atomic mass is 10.2. The van der Waals surface area contributed by atoms with Gasteiger partial charge in [-0.15, -0.1) is 11.3 Å². The maximum Gasteiger partial charge on any atom is 0.291 e. The third kappa shape index (κ3) is 3.83. The summed E-state index contributed by atoms with van der Waals surface area (Å²) in [5.74, 6) is 0.665. The Balaban J connectivity index is 1.86. The second-order valence-electron chi connectivity index (χ2n) is 7.44. The molecule has 0 bridgehead atoms. The Labute approximate surface area is 184 Å². The van der Waals surface area contributed by atoms with Crippen LogP contribution < -0.4 is 10.3 Å². The molecular formula is C23H26N4O3S. The summed E-state index contributed by atoms with van der Waals surface area (Å²) in [4.78, 5) is 28.9. The smallest absolute Gasteiger partial charge is 0.291 e. The first kappa shape index (κ1) is 21.1. The van der Waals surface area contributed by atoms with Crippen LogP contribution in [0.25, 0.3) is 21.1 Å². The fourth-order valence-corrected chi connectivity index (χ4v) is 4.98. The molecule has 0 fully saturated rings. The van der Waals surface area contributed by atoms with Crippen molar-refractivity contribution in [2.24, 2.45) is 0 Å². The van der Waals surface area contributed by atoms with E-state index in [2.05, 4.69) is 18.1 Å². The molecule has 0 aliphatic rings. The number of amides is 1. The van der Waals surface area contributed by atoms with Gasteiger partial charge in [0.15, 0.2) is 0 Å². The van der Waals surface area contributed by atoms with E-state index in [-0.39, 0.29) is 18.0 Å². The fraction of sp³-hybridized carbons (Fsp3) is 0.348. The second kappa shape index (κ2) is 8.55. The molecule has 0 aliphatic carbocycles. The zero-order valence-electron chi connectivity index (χ0n) is 18.2. The van der Waals surface area contributed by atoms with Crippen molar-refractivity contribution in [3.8, 4) is 5.75 Å². The molecule has 3 heterocycles. The van der Waals surface area contributed by atoms with Crippen LogP contribution in [-0.4, -0.2) is 45.4 Å². The van der Waals surface area contributed by atoms with Crippen molar-refractivity contribution >= 4 is 38.4 Å². The lowest BCUT2D eigenvalue weighted by Crippen LogP contribution is -2.37. The van der Waals surface area contributed by atoms with Gasteiger partial charge >= 0.3 is 0 Å². The van der Waals surface area contributed by atoms with Crippen molar-refractivity contribution in [3.05, 3.63) is 57.3 Å². The Bertz CT molecular complexity index is 1310. The van der Waals surface area contributed by atoms with Crippen molar-refractivity contribution < 1.29 is 9.53 Å². The lowest BCUT2D eigenvalue weighted by molar-refractivity contribution is -0.131. The van der Waals surface area contributed by atoms with Gasteiger partial charge in [0.2, 0.25) is 5.91 Å². The van der Waals surface area contributed by atoms with Gasteiger partial charge in [-0.3, -0.25) is 9.59 Å². The summed E-state index contributed by atoms with van der Waals surface area (Å²) < 4.78 is 9.71. The van der Waals surface area contributed by atoms with Gasteiger partial charge in [0, 0.05) is 29.9 Å². The number of thiophene rings is 1.